The predicted octanol–water partition coefficient (Wildman–Crippen LogP) is 4.21. The van der Waals surface area contributed by atoms with Gasteiger partial charge >= 0.3 is 0 Å². The van der Waals surface area contributed by atoms with Crippen LogP contribution in [-0.2, 0) is 20.0 Å². The fraction of sp³-hybridized carbons (Fsp3) is 0.419. The maximum atomic E-state index is 15.2. The van der Waals surface area contributed by atoms with Gasteiger partial charge in [0.25, 0.3) is 5.91 Å². The second kappa shape index (κ2) is 15.1. The Morgan fingerprint density at radius 1 is 0.983 bits per heavy atom. The second-order valence-electron chi connectivity index (χ2n) is 16.9. The van der Waals surface area contributed by atoms with Crippen molar-refractivity contribution in [1.82, 2.24) is 34.5 Å². The monoisotopic (exact) mass is 818 g/mol. The summed E-state index contributed by atoms with van der Waals surface area (Å²) in [6, 6.07) is 13.6. The lowest BCUT2D eigenvalue weighted by molar-refractivity contribution is -0.137. The average Bonchev–Trinajstić information content (AvgIpc) is 3.96. The van der Waals surface area contributed by atoms with Crippen LogP contribution in [0, 0.1) is 28.9 Å². The third-order valence-corrected chi connectivity index (χ3v) is 12.6. The Hall–Kier alpha value is -6.25. The standard InChI is InChI=1S/C43H44F2N10O5/c1-43(2,60)32-19-35-26(14-36(32)48-41(58)37-5-3-27-13-24(20-46)21-47-55(27)37)23-54(50-35)30-15-28(16-30)51-9-11-52(12-10-51)42(59)25-7-8-53(22-25)29-17-33(44)39(34(45)18-29)31-4-6-38(56)49-40(31)57/h3,5,13-14,17-19,21,23,25,28,30-31,60H,4,6-12,15-16,22H2,1-2H3,(H,48,58)(H,49,56,57)/t25-,28?,30?,31-/m1/s1. The van der Waals surface area contributed by atoms with Crippen molar-refractivity contribution in [2.45, 2.75) is 69.6 Å². The molecule has 0 radical (unpaired) electrons. The van der Waals surface area contributed by atoms with Gasteiger partial charge in [0.2, 0.25) is 17.7 Å². The molecule has 1 aliphatic carbocycles. The molecule has 3 aliphatic heterocycles. The fourth-order valence-corrected chi connectivity index (χ4v) is 9.20. The van der Waals surface area contributed by atoms with Gasteiger partial charge in [-0.25, -0.2) is 13.3 Å². The Balaban J connectivity index is 0.794. The molecule has 3 saturated heterocycles. The summed E-state index contributed by atoms with van der Waals surface area (Å²) in [6.07, 6.45) is 5.78. The zero-order chi connectivity index (χ0) is 42.0. The minimum Gasteiger partial charge on any atom is -0.386 e. The highest BCUT2D eigenvalue weighted by Crippen LogP contribution is 2.39. The molecule has 15 nitrogen and oxygen atoms in total. The largest absolute Gasteiger partial charge is 0.386 e. The molecule has 9 rings (SSSR count). The summed E-state index contributed by atoms with van der Waals surface area (Å²) in [7, 11) is 0. The molecule has 4 fully saturated rings. The number of benzene rings is 2. The Kier molecular flexibility index (Phi) is 9.87. The van der Waals surface area contributed by atoms with E-state index < -0.39 is 40.9 Å². The summed E-state index contributed by atoms with van der Waals surface area (Å²) < 4.78 is 33.9. The highest BCUT2D eigenvalue weighted by Gasteiger charge is 2.40. The summed E-state index contributed by atoms with van der Waals surface area (Å²) in [5.74, 6) is -4.56. The number of amides is 4. The van der Waals surface area contributed by atoms with Crippen molar-refractivity contribution in [3.63, 3.8) is 0 Å². The van der Waals surface area contributed by atoms with Gasteiger partial charge in [-0.15, -0.1) is 0 Å². The molecule has 0 unspecified atom stereocenters. The number of halogens is 2. The molecule has 1 saturated carbocycles. The van der Waals surface area contributed by atoms with Gasteiger partial charge in [0.05, 0.1) is 46.3 Å². The molecular formula is C43H44F2N10O5. The van der Waals surface area contributed by atoms with E-state index in [1.807, 2.05) is 38.9 Å². The number of nitrogens with one attached hydrogen (secondary N) is 2. The average molecular weight is 819 g/mol. The van der Waals surface area contributed by atoms with Gasteiger partial charge in [0.1, 0.15) is 23.4 Å². The maximum Gasteiger partial charge on any atom is 0.274 e. The second-order valence-corrected chi connectivity index (χ2v) is 16.9. The Morgan fingerprint density at radius 2 is 1.73 bits per heavy atom. The van der Waals surface area contributed by atoms with Crippen molar-refractivity contribution >= 4 is 51.4 Å². The van der Waals surface area contributed by atoms with E-state index in [0.29, 0.717) is 72.2 Å². The zero-order valence-electron chi connectivity index (χ0n) is 33.2. The lowest BCUT2D eigenvalue weighted by Crippen LogP contribution is -2.56. The van der Waals surface area contributed by atoms with Crippen LogP contribution >= 0.6 is 0 Å². The van der Waals surface area contributed by atoms with Gasteiger partial charge in [-0.2, -0.15) is 15.5 Å². The molecule has 4 aliphatic rings. The lowest BCUT2D eigenvalue weighted by atomic mass is 9.85. The van der Waals surface area contributed by atoms with E-state index in [9.17, 15) is 29.5 Å². The third kappa shape index (κ3) is 7.23. The Bertz CT molecular complexity index is 2590. The van der Waals surface area contributed by atoms with Crippen molar-refractivity contribution < 1.29 is 33.1 Å². The number of aliphatic hydroxyl groups is 1. The molecule has 60 heavy (non-hydrogen) atoms. The number of anilines is 2. The number of piperidine rings is 1. The first-order chi connectivity index (χ1) is 28.7. The number of hydrogen-bond donors (Lipinski definition) is 3. The molecule has 0 spiro atoms. The van der Waals surface area contributed by atoms with Gasteiger partial charge in [-0.05, 0) is 82.0 Å². The summed E-state index contributed by atoms with van der Waals surface area (Å²) in [6.45, 7) is 6.79. The van der Waals surface area contributed by atoms with Crippen LogP contribution in [0.4, 0.5) is 20.2 Å². The van der Waals surface area contributed by atoms with Crippen LogP contribution in [-0.4, -0.2) is 103 Å². The number of nitrogens with zero attached hydrogens (tertiary/aromatic N) is 8. The maximum absolute atomic E-state index is 15.2. The summed E-state index contributed by atoms with van der Waals surface area (Å²) in [5, 5.41) is 35.4. The van der Waals surface area contributed by atoms with Crippen LogP contribution in [0.1, 0.15) is 85.1 Å². The van der Waals surface area contributed by atoms with E-state index in [1.54, 1.807) is 32.0 Å². The molecule has 5 aromatic rings. The summed E-state index contributed by atoms with van der Waals surface area (Å²) in [4.78, 5) is 57.0. The molecule has 310 valence electrons. The highest BCUT2D eigenvalue weighted by molar-refractivity contribution is 6.05. The van der Waals surface area contributed by atoms with E-state index in [-0.39, 0.29) is 42.0 Å². The molecule has 6 heterocycles. The quantitative estimate of drug-likeness (QED) is 0.192. The number of imide groups is 1. The Labute approximate surface area is 343 Å². The van der Waals surface area contributed by atoms with Gasteiger partial charge in [0, 0.05) is 85.8 Å². The first kappa shape index (κ1) is 39.2. The van der Waals surface area contributed by atoms with Crippen LogP contribution in [0.5, 0.6) is 0 Å². The number of hydrogen-bond acceptors (Lipinski definition) is 10. The summed E-state index contributed by atoms with van der Waals surface area (Å²) in [5.41, 5.74) is 1.66. The van der Waals surface area contributed by atoms with E-state index in [4.69, 9.17) is 5.10 Å². The van der Waals surface area contributed by atoms with Crippen LogP contribution < -0.4 is 15.5 Å². The minimum absolute atomic E-state index is 0.0184. The highest BCUT2D eigenvalue weighted by atomic mass is 19.1. The number of piperazine rings is 1. The van der Waals surface area contributed by atoms with Crippen LogP contribution in [0.3, 0.4) is 0 Å². The fourth-order valence-electron chi connectivity index (χ4n) is 9.20. The van der Waals surface area contributed by atoms with E-state index in [2.05, 4.69) is 20.6 Å². The topological polar surface area (TPSA) is 181 Å². The minimum atomic E-state index is -1.28. The van der Waals surface area contributed by atoms with Gasteiger partial charge in [-0.3, -0.25) is 34.1 Å². The van der Waals surface area contributed by atoms with Crippen LogP contribution in [0.15, 0.2) is 54.9 Å². The molecule has 0 bridgehead atoms. The molecule has 2 aromatic carbocycles. The van der Waals surface area contributed by atoms with Crippen molar-refractivity contribution in [1.29, 1.82) is 5.26 Å². The number of aromatic nitrogens is 4. The van der Waals surface area contributed by atoms with Crippen LogP contribution in [0.2, 0.25) is 0 Å². The molecular weight excluding hydrogens is 775 g/mol. The Morgan fingerprint density at radius 3 is 2.43 bits per heavy atom. The van der Waals surface area contributed by atoms with E-state index >= 15 is 8.78 Å². The van der Waals surface area contributed by atoms with Crippen molar-refractivity contribution in [2.24, 2.45) is 5.92 Å². The van der Waals surface area contributed by atoms with Gasteiger partial charge < -0.3 is 20.2 Å². The predicted molar refractivity (Wildman–Crippen MR) is 215 cm³/mol. The first-order valence-electron chi connectivity index (χ1n) is 20.3. The number of carbonyl (C=O) groups is 4. The zero-order valence-corrected chi connectivity index (χ0v) is 33.2. The van der Waals surface area contributed by atoms with Gasteiger partial charge in [-0.1, -0.05) is 0 Å². The molecule has 17 heteroatoms. The normalized spacial score (nSPS) is 22.5. The SMILES string of the molecule is CC(C)(O)c1cc2nn(C3CC(N4CCN(C(=O)[C@@H]5CCN(c6cc(F)c([C@H]7CCC(=O)NC7=O)c(F)c6)C5)CC4)C3)cc2cc1NC(=O)c1ccc2cc(C#N)cnn12. The first-order valence-corrected chi connectivity index (χ1v) is 20.3. The van der Waals surface area contributed by atoms with Crippen molar-refractivity contribution in [3.8, 4) is 6.07 Å². The summed E-state index contributed by atoms with van der Waals surface area (Å²) >= 11 is 0. The van der Waals surface area contributed by atoms with Crippen molar-refractivity contribution in [3.05, 3.63) is 88.9 Å². The third-order valence-electron chi connectivity index (χ3n) is 12.6. The lowest BCUT2D eigenvalue weighted by Gasteiger charge is -2.46. The number of rotatable bonds is 8. The molecule has 3 aromatic heterocycles. The molecule has 4 amide bonds. The van der Waals surface area contributed by atoms with Gasteiger partial charge in [0.15, 0.2) is 0 Å². The molecule has 2 atom stereocenters. The smallest absolute Gasteiger partial charge is 0.274 e. The molecule has 3 N–H and O–H groups in total. The number of fused-ring (bicyclic) bond motifs is 2. The number of nitriles is 1. The van der Waals surface area contributed by atoms with Crippen LogP contribution in [0.25, 0.3) is 16.4 Å². The van der Waals surface area contributed by atoms with Crippen molar-refractivity contribution in [2.75, 3.05) is 49.5 Å². The van der Waals surface area contributed by atoms with E-state index in [0.717, 1.165) is 31.3 Å². The van der Waals surface area contributed by atoms with E-state index in [1.165, 1.54) is 22.8 Å². The number of carbonyl (C=O) groups excluding carboxylic acids is 4.